The number of rotatable bonds is 8. The highest BCUT2D eigenvalue weighted by molar-refractivity contribution is 5.85. The third-order valence-corrected chi connectivity index (χ3v) is 3.66. The molecule has 0 bridgehead atoms. The lowest BCUT2D eigenvalue weighted by molar-refractivity contribution is -0.120. The molecule has 0 fully saturated rings. The number of benzene rings is 2. The molecule has 0 unspecified atom stereocenters. The highest BCUT2D eigenvalue weighted by Gasteiger charge is 2.08. The molecule has 0 spiro atoms. The number of aromatic hydroxyl groups is 1. The molecule has 0 aliphatic heterocycles. The van der Waals surface area contributed by atoms with Gasteiger partial charge in [0.25, 0.3) is 0 Å². The number of phenols is 1. The number of para-hydroxylation sites is 1. The van der Waals surface area contributed by atoms with E-state index in [1.165, 1.54) is 13.3 Å². The number of carbonyl (C=O) groups is 1. The zero-order valence-corrected chi connectivity index (χ0v) is 15.0. The summed E-state index contributed by atoms with van der Waals surface area (Å²) in [5.41, 5.74) is 1.31. The fourth-order valence-electron chi connectivity index (χ4n) is 2.32. The SMILES string of the molecule is COc1ccc(CC(=O)NCN=Cc2cccc(OC)c2O)cc1OC. The van der Waals surface area contributed by atoms with Crippen LogP contribution in [-0.4, -0.2) is 45.2 Å². The lowest BCUT2D eigenvalue weighted by atomic mass is 10.1. The Morgan fingerprint density at radius 1 is 1.08 bits per heavy atom. The third-order valence-electron chi connectivity index (χ3n) is 3.66. The highest BCUT2D eigenvalue weighted by Crippen LogP contribution is 2.28. The average Bonchev–Trinajstić information content (AvgIpc) is 2.66. The number of nitrogens with zero attached hydrogens (tertiary/aromatic N) is 1. The topological polar surface area (TPSA) is 89.4 Å². The second-order valence-electron chi connectivity index (χ2n) is 5.33. The van der Waals surface area contributed by atoms with Crippen LogP contribution in [0, 0.1) is 0 Å². The van der Waals surface area contributed by atoms with E-state index in [0.717, 1.165) is 5.56 Å². The maximum Gasteiger partial charge on any atom is 0.225 e. The molecule has 0 saturated heterocycles. The van der Waals surface area contributed by atoms with Gasteiger partial charge in [0.2, 0.25) is 5.91 Å². The van der Waals surface area contributed by atoms with E-state index in [0.29, 0.717) is 22.8 Å². The molecule has 0 atom stereocenters. The molecule has 26 heavy (non-hydrogen) atoms. The van der Waals surface area contributed by atoms with Gasteiger partial charge in [-0.3, -0.25) is 9.79 Å². The summed E-state index contributed by atoms with van der Waals surface area (Å²) in [5, 5.41) is 12.7. The molecule has 0 aliphatic carbocycles. The van der Waals surface area contributed by atoms with E-state index in [4.69, 9.17) is 14.2 Å². The Kier molecular flexibility index (Phi) is 6.84. The molecule has 0 aromatic heterocycles. The minimum Gasteiger partial charge on any atom is -0.504 e. The van der Waals surface area contributed by atoms with Crippen molar-refractivity contribution in [3.05, 3.63) is 47.5 Å². The predicted molar refractivity (Wildman–Crippen MR) is 98.5 cm³/mol. The average molecular weight is 358 g/mol. The van der Waals surface area contributed by atoms with Gasteiger partial charge in [-0.2, -0.15) is 0 Å². The molecule has 0 saturated carbocycles. The first-order chi connectivity index (χ1) is 12.6. The van der Waals surface area contributed by atoms with Crippen LogP contribution < -0.4 is 19.5 Å². The molecule has 0 heterocycles. The molecule has 2 aromatic rings. The first kappa shape index (κ1) is 19.1. The van der Waals surface area contributed by atoms with Gasteiger partial charge >= 0.3 is 0 Å². The van der Waals surface area contributed by atoms with Gasteiger partial charge in [-0.25, -0.2) is 0 Å². The van der Waals surface area contributed by atoms with Gasteiger partial charge in [-0.05, 0) is 29.8 Å². The summed E-state index contributed by atoms with van der Waals surface area (Å²) in [5.74, 6) is 1.38. The van der Waals surface area contributed by atoms with Gasteiger partial charge in [0.05, 0.1) is 27.8 Å². The standard InChI is InChI=1S/C19H22N2O5/c1-24-15-8-7-13(9-17(15)26-3)10-18(22)21-12-20-11-14-5-4-6-16(25-2)19(14)23/h4-9,11,23H,10,12H2,1-3H3,(H,21,22). The first-order valence-corrected chi connectivity index (χ1v) is 7.92. The van der Waals surface area contributed by atoms with Crippen LogP contribution in [0.4, 0.5) is 0 Å². The van der Waals surface area contributed by atoms with Crippen LogP contribution in [0.2, 0.25) is 0 Å². The Labute approximate surface area is 152 Å². The second-order valence-corrected chi connectivity index (χ2v) is 5.33. The normalized spacial score (nSPS) is 10.6. The third kappa shape index (κ3) is 4.89. The predicted octanol–water partition coefficient (Wildman–Crippen LogP) is 2.15. The van der Waals surface area contributed by atoms with Crippen molar-refractivity contribution < 1.29 is 24.1 Å². The fourth-order valence-corrected chi connectivity index (χ4v) is 2.32. The number of aliphatic imine (C=N–C) groups is 1. The summed E-state index contributed by atoms with van der Waals surface area (Å²) in [6.07, 6.45) is 1.68. The van der Waals surface area contributed by atoms with Crippen LogP contribution in [0.3, 0.4) is 0 Å². The van der Waals surface area contributed by atoms with Gasteiger partial charge < -0.3 is 24.6 Å². The van der Waals surface area contributed by atoms with E-state index in [1.807, 2.05) is 0 Å². The van der Waals surface area contributed by atoms with Crippen LogP contribution in [0.15, 0.2) is 41.4 Å². The van der Waals surface area contributed by atoms with Crippen molar-refractivity contribution in [1.29, 1.82) is 0 Å². The number of nitrogens with one attached hydrogen (secondary N) is 1. The van der Waals surface area contributed by atoms with Crippen LogP contribution in [0.1, 0.15) is 11.1 Å². The summed E-state index contributed by atoms with van der Waals surface area (Å²) in [4.78, 5) is 16.1. The van der Waals surface area contributed by atoms with E-state index in [2.05, 4.69) is 10.3 Å². The minimum absolute atomic E-state index is 0.00963. The van der Waals surface area contributed by atoms with Gasteiger partial charge in [0.1, 0.15) is 6.67 Å². The molecule has 7 nitrogen and oxygen atoms in total. The maximum atomic E-state index is 12.0. The van der Waals surface area contributed by atoms with Crippen LogP contribution >= 0.6 is 0 Å². The van der Waals surface area contributed by atoms with Crippen molar-refractivity contribution in [3.8, 4) is 23.0 Å². The summed E-state index contributed by atoms with van der Waals surface area (Å²) in [6, 6.07) is 10.4. The number of methoxy groups -OCH3 is 3. The van der Waals surface area contributed by atoms with E-state index >= 15 is 0 Å². The summed E-state index contributed by atoms with van der Waals surface area (Å²) < 4.78 is 15.4. The monoisotopic (exact) mass is 358 g/mol. The van der Waals surface area contributed by atoms with Crippen molar-refractivity contribution >= 4 is 12.1 Å². The Hall–Kier alpha value is -3.22. The molecule has 2 N–H and O–H groups in total. The van der Waals surface area contributed by atoms with Crippen molar-refractivity contribution in [2.75, 3.05) is 28.0 Å². The van der Waals surface area contributed by atoms with Crippen LogP contribution in [-0.2, 0) is 11.2 Å². The highest BCUT2D eigenvalue weighted by atomic mass is 16.5. The van der Waals surface area contributed by atoms with Crippen LogP contribution in [0.25, 0.3) is 0 Å². The molecule has 7 heteroatoms. The number of amides is 1. The Morgan fingerprint density at radius 2 is 1.81 bits per heavy atom. The van der Waals surface area contributed by atoms with Crippen molar-refractivity contribution in [2.45, 2.75) is 6.42 Å². The van der Waals surface area contributed by atoms with E-state index in [-0.39, 0.29) is 24.7 Å². The van der Waals surface area contributed by atoms with Gasteiger partial charge in [0.15, 0.2) is 23.0 Å². The number of hydrogen-bond acceptors (Lipinski definition) is 6. The van der Waals surface area contributed by atoms with Crippen molar-refractivity contribution in [2.24, 2.45) is 4.99 Å². The van der Waals surface area contributed by atoms with Gasteiger partial charge in [-0.15, -0.1) is 0 Å². The largest absolute Gasteiger partial charge is 0.504 e. The van der Waals surface area contributed by atoms with Crippen molar-refractivity contribution in [1.82, 2.24) is 5.32 Å². The van der Waals surface area contributed by atoms with E-state index in [9.17, 15) is 9.90 Å². The summed E-state index contributed by atoms with van der Waals surface area (Å²) in [7, 11) is 4.58. The molecule has 1 amide bonds. The van der Waals surface area contributed by atoms with E-state index in [1.54, 1.807) is 50.6 Å². The Balaban J connectivity index is 1.89. The van der Waals surface area contributed by atoms with E-state index < -0.39 is 0 Å². The van der Waals surface area contributed by atoms with Crippen molar-refractivity contribution in [3.63, 3.8) is 0 Å². The number of phenolic OH excluding ortho intramolecular Hbond substituents is 1. The number of hydrogen-bond donors (Lipinski definition) is 2. The fraction of sp³-hybridized carbons (Fsp3) is 0.263. The molecule has 0 radical (unpaired) electrons. The lowest BCUT2D eigenvalue weighted by Gasteiger charge is -2.09. The quantitative estimate of drug-likeness (QED) is 0.706. The molecule has 0 aliphatic rings. The smallest absolute Gasteiger partial charge is 0.225 e. The number of carbonyl (C=O) groups excluding carboxylic acids is 1. The zero-order valence-electron chi connectivity index (χ0n) is 15.0. The van der Waals surface area contributed by atoms with Gasteiger partial charge in [0, 0.05) is 11.8 Å². The Bertz CT molecular complexity index is 789. The second kappa shape index (κ2) is 9.31. The van der Waals surface area contributed by atoms with Gasteiger partial charge in [-0.1, -0.05) is 12.1 Å². The van der Waals surface area contributed by atoms with Crippen LogP contribution in [0.5, 0.6) is 23.0 Å². The zero-order chi connectivity index (χ0) is 18.9. The maximum absolute atomic E-state index is 12.0. The molecular formula is C19H22N2O5. The molecule has 2 rings (SSSR count). The molecule has 138 valence electrons. The summed E-state index contributed by atoms with van der Waals surface area (Å²) >= 11 is 0. The minimum atomic E-state index is -0.177. The first-order valence-electron chi connectivity index (χ1n) is 7.92. The number of ether oxygens (including phenoxy) is 3. The molecule has 2 aromatic carbocycles. The lowest BCUT2D eigenvalue weighted by Crippen LogP contribution is -2.25. The Morgan fingerprint density at radius 3 is 2.50 bits per heavy atom. The summed E-state index contributed by atoms with van der Waals surface area (Å²) in [6.45, 7) is 0.1000. The molecular weight excluding hydrogens is 336 g/mol.